The molecule has 22 heavy (non-hydrogen) atoms. The normalized spacial score (nSPS) is 11.6. The van der Waals surface area contributed by atoms with Crippen LogP contribution in [-0.4, -0.2) is 20.2 Å². The van der Waals surface area contributed by atoms with Gasteiger partial charge in [-0.25, -0.2) is 0 Å². The van der Waals surface area contributed by atoms with Gasteiger partial charge in [0.2, 0.25) is 5.82 Å². The molecular formula is C18H20N4. The van der Waals surface area contributed by atoms with Gasteiger partial charge in [-0.1, -0.05) is 62.7 Å². The Hall–Kier alpha value is -2.49. The van der Waals surface area contributed by atoms with Crippen LogP contribution in [0, 0.1) is 6.92 Å². The van der Waals surface area contributed by atoms with E-state index in [2.05, 4.69) is 55.2 Å². The van der Waals surface area contributed by atoms with Crippen LogP contribution in [0.3, 0.4) is 0 Å². The van der Waals surface area contributed by atoms with Crippen LogP contribution in [0.2, 0.25) is 0 Å². The average molecular weight is 292 g/mol. The fourth-order valence-corrected chi connectivity index (χ4v) is 2.24. The van der Waals surface area contributed by atoms with Crippen molar-refractivity contribution in [3.63, 3.8) is 0 Å². The topological polar surface area (TPSA) is 43.6 Å². The first-order valence-electron chi connectivity index (χ1n) is 7.41. The van der Waals surface area contributed by atoms with Crippen molar-refractivity contribution in [2.24, 2.45) is 0 Å². The van der Waals surface area contributed by atoms with Crippen LogP contribution in [0.1, 0.15) is 31.9 Å². The number of aryl methyl sites for hydroxylation is 1. The van der Waals surface area contributed by atoms with E-state index in [-0.39, 0.29) is 5.41 Å². The van der Waals surface area contributed by atoms with Gasteiger partial charge in [0.05, 0.1) is 5.69 Å². The minimum Gasteiger partial charge on any atom is -0.130 e. The number of rotatable bonds is 2. The van der Waals surface area contributed by atoms with E-state index in [4.69, 9.17) is 0 Å². The molecule has 0 unspecified atom stereocenters. The molecule has 0 atom stereocenters. The summed E-state index contributed by atoms with van der Waals surface area (Å²) < 4.78 is 0. The van der Waals surface area contributed by atoms with Gasteiger partial charge in [0.15, 0.2) is 0 Å². The summed E-state index contributed by atoms with van der Waals surface area (Å²) in [7, 11) is 0. The molecule has 3 rings (SSSR count). The minimum atomic E-state index is 0.140. The number of tetrazole rings is 1. The van der Waals surface area contributed by atoms with Crippen LogP contribution < -0.4 is 0 Å². The molecule has 0 N–H and O–H groups in total. The van der Waals surface area contributed by atoms with Crippen molar-refractivity contribution in [2.75, 3.05) is 0 Å². The lowest BCUT2D eigenvalue weighted by Crippen LogP contribution is -2.11. The third-order valence-electron chi connectivity index (χ3n) is 3.69. The van der Waals surface area contributed by atoms with Crippen LogP contribution >= 0.6 is 0 Å². The Morgan fingerprint density at radius 2 is 1.50 bits per heavy atom. The van der Waals surface area contributed by atoms with Crippen molar-refractivity contribution in [3.8, 4) is 17.1 Å². The van der Waals surface area contributed by atoms with E-state index in [9.17, 15) is 0 Å². The molecule has 0 spiro atoms. The fraction of sp³-hybridized carbons (Fsp3) is 0.278. The predicted molar refractivity (Wildman–Crippen MR) is 88.0 cm³/mol. The van der Waals surface area contributed by atoms with Gasteiger partial charge in [-0.05, 0) is 35.2 Å². The maximum atomic E-state index is 4.47. The number of benzene rings is 2. The highest BCUT2D eigenvalue weighted by Crippen LogP contribution is 2.23. The zero-order valence-electron chi connectivity index (χ0n) is 13.4. The lowest BCUT2D eigenvalue weighted by atomic mass is 9.87. The zero-order chi connectivity index (χ0) is 15.7. The fourth-order valence-electron chi connectivity index (χ4n) is 2.24. The van der Waals surface area contributed by atoms with Crippen LogP contribution in [0.4, 0.5) is 0 Å². The summed E-state index contributed by atoms with van der Waals surface area (Å²) in [6, 6.07) is 16.4. The van der Waals surface area contributed by atoms with Crippen molar-refractivity contribution in [1.29, 1.82) is 0 Å². The van der Waals surface area contributed by atoms with Gasteiger partial charge in [0, 0.05) is 5.56 Å². The smallest absolute Gasteiger partial charge is 0.130 e. The molecule has 0 fully saturated rings. The van der Waals surface area contributed by atoms with Gasteiger partial charge in [-0.15, -0.1) is 15.0 Å². The first kappa shape index (κ1) is 14.4. The van der Waals surface area contributed by atoms with Gasteiger partial charge >= 0.3 is 0 Å². The van der Waals surface area contributed by atoms with Crippen LogP contribution in [0.15, 0.2) is 48.5 Å². The quantitative estimate of drug-likeness (QED) is 0.718. The Bertz CT molecular complexity index is 762. The Labute approximate surface area is 130 Å². The Kier molecular flexibility index (Phi) is 3.53. The SMILES string of the molecule is Cc1ccc(-c2nnn(-c3ccc(C(C)(C)C)cc3)n2)cc1. The van der Waals surface area contributed by atoms with Crippen LogP contribution in [0.25, 0.3) is 17.1 Å². The van der Waals surface area contributed by atoms with E-state index < -0.39 is 0 Å². The van der Waals surface area contributed by atoms with Crippen molar-refractivity contribution in [1.82, 2.24) is 20.2 Å². The second-order valence-electron chi connectivity index (χ2n) is 6.57. The highest BCUT2D eigenvalue weighted by atomic mass is 15.6. The monoisotopic (exact) mass is 292 g/mol. The van der Waals surface area contributed by atoms with E-state index in [1.54, 1.807) is 4.80 Å². The molecule has 0 radical (unpaired) electrons. The van der Waals surface area contributed by atoms with Crippen molar-refractivity contribution < 1.29 is 0 Å². The molecule has 112 valence electrons. The van der Waals surface area contributed by atoms with Gasteiger partial charge in [0.25, 0.3) is 0 Å². The van der Waals surface area contributed by atoms with E-state index in [1.807, 2.05) is 36.4 Å². The maximum absolute atomic E-state index is 4.47. The number of aromatic nitrogens is 4. The van der Waals surface area contributed by atoms with E-state index in [1.165, 1.54) is 11.1 Å². The molecule has 4 nitrogen and oxygen atoms in total. The van der Waals surface area contributed by atoms with Gasteiger partial charge in [0.1, 0.15) is 0 Å². The van der Waals surface area contributed by atoms with Crippen molar-refractivity contribution in [3.05, 3.63) is 59.7 Å². The molecule has 3 aromatic rings. The van der Waals surface area contributed by atoms with Crippen LogP contribution in [-0.2, 0) is 5.41 Å². The first-order valence-corrected chi connectivity index (χ1v) is 7.41. The molecule has 2 aromatic carbocycles. The summed E-state index contributed by atoms with van der Waals surface area (Å²) in [5.41, 5.74) is 4.53. The Balaban J connectivity index is 1.89. The Morgan fingerprint density at radius 3 is 2.09 bits per heavy atom. The zero-order valence-corrected chi connectivity index (χ0v) is 13.4. The number of hydrogen-bond acceptors (Lipinski definition) is 3. The van der Waals surface area contributed by atoms with Gasteiger partial charge < -0.3 is 0 Å². The summed E-state index contributed by atoms with van der Waals surface area (Å²) >= 11 is 0. The molecule has 4 heteroatoms. The third kappa shape index (κ3) is 2.91. The predicted octanol–water partition coefficient (Wildman–Crippen LogP) is 3.94. The third-order valence-corrected chi connectivity index (χ3v) is 3.69. The maximum Gasteiger partial charge on any atom is 0.205 e. The lowest BCUT2D eigenvalue weighted by Gasteiger charge is -2.18. The molecule has 0 aliphatic heterocycles. The molecule has 0 saturated carbocycles. The largest absolute Gasteiger partial charge is 0.205 e. The van der Waals surface area contributed by atoms with Gasteiger partial charge in [-0.2, -0.15) is 0 Å². The van der Waals surface area contributed by atoms with E-state index in [0.717, 1.165) is 11.3 Å². The molecule has 1 aromatic heterocycles. The van der Waals surface area contributed by atoms with Crippen LogP contribution in [0.5, 0.6) is 0 Å². The summed E-state index contributed by atoms with van der Waals surface area (Å²) in [6.45, 7) is 8.66. The van der Waals surface area contributed by atoms with E-state index in [0.29, 0.717) is 5.82 Å². The van der Waals surface area contributed by atoms with Crippen molar-refractivity contribution >= 4 is 0 Å². The Morgan fingerprint density at radius 1 is 0.864 bits per heavy atom. The molecule has 0 aliphatic carbocycles. The summed E-state index contributed by atoms with van der Waals surface area (Å²) in [5, 5.41) is 12.8. The molecule has 0 aliphatic rings. The highest BCUT2D eigenvalue weighted by Gasteiger charge is 2.14. The first-order chi connectivity index (χ1) is 10.4. The summed E-state index contributed by atoms with van der Waals surface area (Å²) in [6.07, 6.45) is 0. The minimum absolute atomic E-state index is 0.140. The standard InChI is InChI=1S/C18H20N4/c1-13-5-7-14(8-6-13)17-19-21-22(20-17)16-11-9-15(10-12-16)18(2,3)4/h5-12H,1-4H3. The molecule has 0 saturated heterocycles. The lowest BCUT2D eigenvalue weighted by molar-refractivity contribution is 0.589. The van der Waals surface area contributed by atoms with Gasteiger partial charge in [-0.3, -0.25) is 0 Å². The number of hydrogen-bond donors (Lipinski definition) is 0. The average Bonchev–Trinajstić information content (AvgIpc) is 2.97. The van der Waals surface area contributed by atoms with Crippen molar-refractivity contribution in [2.45, 2.75) is 33.1 Å². The summed E-state index contributed by atoms with van der Waals surface area (Å²) in [5.74, 6) is 0.639. The molecular weight excluding hydrogens is 272 g/mol. The van der Waals surface area contributed by atoms with E-state index >= 15 is 0 Å². The molecule has 0 bridgehead atoms. The second kappa shape index (κ2) is 5.37. The molecule has 0 amide bonds. The number of nitrogens with zero attached hydrogens (tertiary/aromatic N) is 4. The highest BCUT2D eigenvalue weighted by molar-refractivity contribution is 5.54. The summed E-state index contributed by atoms with van der Waals surface area (Å²) in [4.78, 5) is 1.57. The second-order valence-corrected chi connectivity index (χ2v) is 6.57. The molecule has 1 heterocycles.